The average molecular weight is 239 g/mol. The van der Waals surface area contributed by atoms with Gasteiger partial charge in [0, 0.05) is 11.3 Å². The van der Waals surface area contributed by atoms with Crippen LogP contribution < -0.4 is 5.32 Å². The molecule has 0 spiro atoms. The minimum atomic E-state index is -0.0539. The van der Waals surface area contributed by atoms with Gasteiger partial charge in [-0.25, -0.2) is 0 Å². The molecule has 0 saturated carbocycles. The minimum Gasteiger partial charge on any atom is -0.322 e. The van der Waals surface area contributed by atoms with Crippen LogP contribution >= 0.6 is 0 Å². The lowest BCUT2D eigenvalue weighted by Crippen LogP contribution is -2.14. The van der Waals surface area contributed by atoms with Crippen LogP contribution in [0.15, 0.2) is 42.5 Å². The van der Waals surface area contributed by atoms with Crippen molar-refractivity contribution < 1.29 is 4.79 Å². The molecule has 0 atom stereocenters. The van der Waals surface area contributed by atoms with Crippen LogP contribution in [0.2, 0.25) is 0 Å². The van der Waals surface area contributed by atoms with Gasteiger partial charge in [0.25, 0.3) is 5.91 Å². The fourth-order valence-corrected chi connectivity index (χ4v) is 1.90. The molecule has 0 saturated heterocycles. The first-order chi connectivity index (χ1) is 8.59. The zero-order valence-corrected chi connectivity index (χ0v) is 10.9. The fraction of sp³-hybridized carbons (Fsp3) is 0.188. The van der Waals surface area contributed by atoms with Crippen molar-refractivity contribution in [1.29, 1.82) is 0 Å². The van der Waals surface area contributed by atoms with Crippen molar-refractivity contribution in [2.24, 2.45) is 0 Å². The Balaban J connectivity index is 2.27. The van der Waals surface area contributed by atoms with Crippen LogP contribution in [0.1, 0.15) is 27.0 Å². The molecule has 1 N–H and O–H groups in total. The second kappa shape index (κ2) is 5.05. The number of aryl methyl sites for hydroxylation is 2. The molecule has 0 bridgehead atoms. The molecule has 2 nitrogen and oxygen atoms in total. The maximum atomic E-state index is 12.2. The first kappa shape index (κ1) is 12.4. The molecule has 0 fully saturated rings. The van der Waals surface area contributed by atoms with Gasteiger partial charge in [0.05, 0.1) is 0 Å². The molecule has 0 aliphatic heterocycles. The van der Waals surface area contributed by atoms with Crippen molar-refractivity contribution in [3.63, 3.8) is 0 Å². The monoisotopic (exact) mass is 239 g/mol. The van der Waals surface area contributed by atoms with Crippen molar-refractivity contribution in [3.8, 4) is 0 Å². The van der Waals surface area contributed by atoms with Crippen LogP contribution in [-0.4, -0.2) is 5.91 Å². The molecule has 0 aromatic heterocycles. The zero-order chi connectivity index (χ0) is 13.1. The molecule has 0 radical (unpaired) electrons. The molecule has 92 valence electrons. The van der Waals surface area contributed by atoms with E-state index in [0.29, 0.717) is 0 Å². The van der Waals surface area contributed by atoms with Crippen molar-refractivity contribution in [2.45, 2.75) is 20.8 Å². The number of carbonyl (C=O) groups excluding carboxylic acids is 1. The molecule has 2 aromatic carbocycles. The van der Waals surface area contributed by atoms with Crippen LogP contribution in [0.4, 0.5) is 5.69 Å². The maximum absolute atomic E-state index is 12.2. The first-order valence-electron chi connectivity index (χ1n) is 6.03. The van der Waals surface area contributed by atoms with E-state index >= 15 is 0 Å². The van der Waals surface area contributed by atoms with Crippen molar-refractivity contribution in [3.05, 3.63) is 64.7 Å². The number of hydrogen-bond donors (Lipinski definition) is 1. The lowest BCUT2D eigenvalue weighted by atomic mass is 10.1. The topological polar surface area (TPSA) is 29.1 Å². The highest BCUT2D eigenvalue weighted by atomic mass is 16.1. The molecule has 0 unspecified atom stereocenters. The van der Waals surface area contributed by atoms with Gasteiger partial charge in [-0.3, -0.25) is 4.79 Å². The Morgan fingerprint density at radius 1 is 0.889 bits per heavy atom. The predicted octanol–water partition coefficient (Wildman–Crippen LogP) is 3.86. The Labute approximate surface area is 108 Å². The average Bonchev–Trinajstić information content (AvgIpc) is 2.35. The minimum absolute atomic E-state index is 0.0539. The quantitative estimate of drug-likeness (QED) is 0.847. The lowest BCUT2D eigenvalue weighted by Gasteiger charge is -2.11. The van der Waals surface area contributed by atoms with Crippen LogP contribution in [-0.2, 0) is 0 Å². The highest BCUT2D eigenvalue weighted by Crippen LogP contribution is 2.19. The molecular weight excluding hydrogens is 222 g/mol. The summed E-state index contributed by atoms with van der Waals surface area (Å²) in [5.41, 5.74) is 4.87. The normalized spacial score (nSPS) is 10.2. The van der Waals surface area contributed by atoms with E-state index in [1.807, 2.05) is 63.2 Å². The summed E-state index contributed by atoms with van der Waals surface area (Å²) in [6.07, 6.45) is 0. The van der Waals surface area contributed by atoms with E-state index in [2.05, 4.69) is 5.32 Å². The SMILES string of the molecule is Cc1ccccc1C(=O)Nc1cccc(C)c1C. The van der Waals surface area contributed by atoms with Crippen molar-refractivity contribution in [1.82, 2.24) is 0 Å². The molecule has 2 rings (SSSR count). The number of carbonyl (C=O) groups is 1. The second-order valence-electron chi connectivity index (χ2n) is 4.52. The number of anilines is 1. The molecule has 2 heteroatoms. The first-order valence-corrected chi connectivity index (χ1v) is 6.03. The van der Waals surface area contributed by atoms with E-state index in [4.69, 9.17) is 0 Å². The van der Waals surface area contributed by atoms with E-state index in [1.54, 1.807) is 0 Å². The van der Waals surface area contributed by atoms with Gasteiger partial charge in [0.15, 0.2) is 0 Å². The highest BCUT2D eigenvalue weighted by molar-refractivity contribution is 6.05. The van der Waals surface area contributed by atoms with E-state index < -0.39 is 0 Å². The van der Waals surface area contributed by atoms with Gasteiger partial charge in [-0.15, -0.1) is 0 Å². The van der Waals surface area contributed by atoms with Gasteiger partial charge in [0.2, 0.25) is 0 Å². The van der Waals surface area contributed by atoms with Gasteiger partial charge in [-0.05, 0) is 49.6 Å². The third-order valence-corrected chi connectivity index (χ3v) is 3.24. The van der Waals surface area contributed by atoms with Crippen molar-refractivity contribution in [2.75, 3.05) is 5.32 Å². The Morgan fingerprint density at radius 3 is 2.28 bits per heavy atom. The molecule has 2 aromatic rings. The van der Waals surface area contributed by atoms with Gasteiger partial charge < -0.3 is 5.32 Å². The number of benzene rings is 2. The summed E-state index contributed by atoms with van der Waals surface area (Å²) in [6.45, 7) is 6.00. The van der Waals surface area contributed by atoms with Crippen LogP contribution in [0.25, 0.3) is 0 Å². The Hall–Kier alpha value is -2.09. The zero-order valence-electron chi connectivity index (χ0n) is 10.9. The second-order valence-corrected chi connectivity index (χ2v) is 4.52. The summed E-state index contributed by atoms with van der Waals surface area (Å²) in [5.74, 6) is -0.0539. The summed E-state index contributed by atoms with van der Waals surface area (Å²) >= 11 is 0. The molecule has 0 aliphatic rings. The number of amides is 1. The summed E-state index contributed by atoms with van der Waals surface area (Å²) in [5, 5.41) is 2.97. The summed E-state index contributed by atoms with van der Waals surface area (Å²) in [7, 11) is 0. The third-order valence-electron chi connectivity index (χ3n) is 3.24. The highest BCUT2D eigenvalue weighted by Gasteiger charge is 2.10. The number of rotatable bonds is 2. The van der Waals surface area contributed by atoms with Crippen molar-refractivity contribution >= 4 is 11.6 Å². The van der Waals surface area contributed by atoms with Gasteiger partial charge in [0.1, 0.15) is 0 Å². The lowest BCUT2D eigenvalue weighted by molar-refractivity contribution is 0.102. The molecular formula is C16H17NO. The fourth-order valence-electron chi connectivity index (χ4n) is 1.90. The standard InChI is InChI=1S/C16H17NO/c1-11-8-6-10-15(13(11)3)17-16(18)14-9-5-4-7-12(14)2/h4-10H,1-3H3,(H,17,18). The van der Waals surface area contributed by atoms with E-state index in [9.17, 15) is 4.79 Å². The molecule has 18 heavy (non-hydrogen) atoms. The Kier molecular flexibility index (Phi) is 3.47. The summed E-state index contributed by atoms with van der Waals surface area (Å²) in [4.78, 5) is 12.2. The van der Waals surface area contributed by atoms with E-state index in [0.717, 1.165) is 22.4 Å². The third kappa shape index (κ3) is 2.43. The van der Waals surface area contributed by atoms with Gasteiger partial charge in [-0.2, -0.15) is 0 Å². The summed E-state index contributed by atoms with van der Waals surface area (Å²) in [6, 6.07) is 13.5. The molecule has 0 aliphatic carbocycles. The van der Waals surface area contributed by atoms with Gasteiger partial charge in [-0.1, -0.05) is 30.3 Å². The predicted molar refractivity (Wildman–Crippen MR) is 75.0 cm³/mol. The maximum Gasteiger partial charge on any atom is 0.255 e. The molecule has 0 heterocycles. The van der Waals surface area contributed by atoms with Crippen LogP contribution in [0, 0.1) is 20.8 Å². The Bertz CT molecular complexity index is 587. The largest absolute Gasteiger partial charge is 0.322 e. The number of nitrogens with one attached hydrogen (secondary N) is 1. The van der Waals surface area contributed by atoms with E-state index in [1.165, 1.54) is 5.56 Å². The van der Waals surface area contributed by atoms with Gasteiger partial charge >= 0.3 is 0 Å². The number of hydrogen-bond acceptors (Lipinski definition) is 1. The van der Waals surface area contributed by atoms with E-state index in [-0.39, 0.29) is 5.91 Å². The Morgan fingerprint density at radius 2 is 1.56 bits per heavy atom. The van der Waals surface area contributed by atoms with Crippen LogP contribution in [0.5, 0.6) is 0 Å². The smallest absolute Gasteiger partial charge is 0.255 e. The molecule has 1 amide bonds. The van der Waals surface area contributed by atoms with Crippen LogP contribution in [0.3, 0.4) is 0 Å². The summed E-state index contributed by atoms with van der Waals surface area (Å²) < 4.78 is 0.